The smallest absolute Gasteiger partial charge is 0.0963 e. The van der Waals surface area contributed by atoms with Crippen LogP contribution in [0.5, 0.6) is 0 Å². The minimum Gasteiger partial charge on any atom is -0.308 e. The first-order valence-electron chi connectivity index (χ1n) is 19.0. The highest BCUT2D eigenvalue weighted by Crippen LogP contribution is 2.58. The molecule has 2 heteroatoms. The first-order chi connectivity index (χ1) is 27.3. The summed E-state index contributed by atoms with van der Waals surface area (Å²) in [6.45, 7) is 0. The molecule has 0 bridgehead atoms. The molecule has 9 aromatic carbocycles. The molecule has 0 aliphatic heterocycles. The fraction of sp³-hybridized carbons (Fsp3) is 0. The van der Waals surface area contributed by atoms with Gasteiger partial charge in [-0.25, -0.2) is 0 Å². The molecule has 0 unspecified atom stereocenters. The Bertz CT molecular complexity index is 3250. The first kappa shape index (κ1) is 30.2. The van der Waals surface area contributed by atoms with Crippen molar-refractivity contribution < 1.29 is 0 Å². The van der Waals surface area contributed by atoms with Crippen LogP contribution in [0.4, 0.5) is 0 Å². The molecule has 55 heavy (non-hydrogen) atoms. The topological polar surface area (TPSA) is 17.8 Å². The van der Waals surface area contributed by atoms with Crippen LogP contribution in [0, 0.1) is 0 Å². The maximum absolute atomic E-state index is 4.85. The zero-order valence-corrected chi connectivity index (χ0v) is 29.9. The number of hydrogen-bond donors (Lipinski definition) is 0. The predicted molar refractivity (Wildman–Crippen MR) is 232 cm³/mol. The number of fused-ring (bicyclic) bond motifs is 8. The Morgan fingerprint density at radius 3 is 1.62 bits per heavy atom. The molecule has 0 N–H and O–H groups in total. The van der Waals surface area contributed by atoms with Gasteiger partial charge in [0, 0.05) is 17.3 Å². The van der Waals surface area contributed by atoms with Crippen LogP contribution < -0.4 is 0 Å². The van der Waals surface area contributed by atoms with Crippen LogP contribution in [0.25, 0.3) is 116 Å². The summed E-state index contributed by atoms with van der Waals surface area (Å²) in [6.07, 6.45) is 1.90. The van der Waals surface area contributed by atoms with Crippen molar-refractivity contribution in [2.75, 3.05) is 0 Å². The number of pyridine rings is 1. The molecule has 1 aliphatic carbocycles. The number of benzene rings is 9. The SMILES string of the molecule is c1ccc(-c2c3c(c(-c4ccccc4)c4ccccc24)-c2ccc(-c4ccc(-n5c6cc7ccccc7cc6c6ncccc65)cc4)c4cccc-3c24)cc1. The molecule has 0 fully saturated rings. The maximum atomic E-state index is 4.85. The zero-order valence-electron chi connectivity index (χ0n) is 29.9. The third-order valence-corrected chi connectivity index (χ3v) is 11.7. The molecule has 11 aromatic rings. The Morgan fingerprint density at radius 2 is 0.927 bits per heavy atom. The Hall–Kier alpha value is -7.29. The van der Waals surface area contributed by atoms with Gasteiger partial charge in [-0.05, 0) is 124 Å². The molecule has 2 nitrogen and oxygen atoms in total. The van der Waals surface area contributed by atoms with E-state index in [9.17, 15) is 0 Å². The van der Waals surface area contributed by atoms with Crippen molar-refractivity contribution in [1.82, 2.24) is 9.55 Å². The molecule has 2 heterocycles. The van der Waals surface area contributed by atoms with Crippen LogP contribution in [-0.2, 0) is 0 Å². The zero-order chi connectivity index (χ0) is 36.0. The van der Waals surface area contributed by atoms with E-state index >= 15 is 0 Å². The fourth-order valence-electron chi connectivity index (χ4n) is 9.45. The quantitative estimate of drug-likeness (QED) is 0.179. The maximum Gasteiger partial charge on any atom is 0.0963 e. The molecular weight excluding hydrogens is 665 g/mol. The summed E-state index contributed by atoms with van der Waals surface area (Å²) in [5.74, 6) is 0. The lowest BCUT2D eigenvalue weighted by atomic mass is 9.82. The highest BCUT2D eigenvalue weighted by atomic mass is 15.0. The second-order valence-electron chi connectivity index (χ2n) is 14.6. The van der Waals surface area contributed by atoms with E-state index in [1.165, 1.54) is 98.9 Å². The van der Waals surface area contributed by atoms with Gasteiger partial charge < -0.3 is 4.57 Å². The number of nitrogens with zero attached hydrogens (tertiary/aromatic N) is 2. The van der Waals surface area contributed by atoms with Crippen LogP contribution >= 0.6 is 0 Å². The lowest BCUT2D eigenvalue weighted by Crippen LogP contribution is -1.94. The summed E-state index contributed by atoms with van der Waals surface area (Å²) in [6, 6.07) is 68.9. The largest absolute Gasteiger partial charge is 0.308 e. The molecule has 0 amide bonds. The van der Waals surface area contributed by atoms with Gasteiger partial charge in [-0.15, -0.1) is 0 Å². The molecule has 2 aromatic heterocycles. The summed E-state index contributed by atoms with van der Waals surface area (Å²) in [5.41, 5.74) is 17.2. The molecule has 0 atom stereocenters. The highest BCUT2D eigenvalue weighted by molar-refractivity contribution is 6.28. The normalized spacial score (nSPS) is 12.0. The average molecular weight is 697 g/mol. The van der Waals surface area contributed by atoms with E-state index in [0.29, 0.717) is 0 Å². The fourth-order valence-corrected chi connectivity index (χ4v) is 9.45. The Balaban J connectivity index is 1.08. The van der Waals surface area contributed by atoms with Crippen LogP contribution in [0.15, 0.2) is 194 Å². The van der Waals surface area contributed by atoms with Crippen LogP contribution in [-0.4, -0.2) is 9.55 Å². The third kappa shape index (κ3) is 4.34. The predicted octanol–water partition coefficient (Wildman–Crippen LogP) is 14.3. The van der Waals surface area contributed by atoms with E-state index in [4.69, 9.17) is 4.98 Å². The monoisotopic (exact) mass is 696 g/mol. The van der Waals surface area contributed by atoms with Gasteiger partial charge in [0.2, 0.25) is 0 Å². The summed E-state index contributed by atoms with van der Waals surface area (Å²) >= 11 is 0. The second-order valence-corrected chi connectivity index (χ2v) is 14.6. The molecule has 254 valence electrons. The van der Waals surface area contributed by atoms with Gasteiger partial charge in [-0.3, -0.25) is 4.98 Å². The standard InChI is InChI=1S/C53H32N2/c1-3-13-34(14-4-1)48-41-19-9-10-20-42(41)49(35-15-5-2-6-16-35)52-44-29-28-39(40-21-11-22-43(50(40)44)51(48)52)33-24-26-38(27-25-33)55-46-23-12-30-54-53(46)45-31-36-17-7-8-18-37(36)32-47(45)55/h1-32H. The molecule has 12 rings (SSSR count). The average Bonchev–Trinajstić information content (AvgIpc) is 3.76. The molecule has 0 spiro atoms. The first-order valence-corrected chi connectivity index (χ1v) is 19.0. The van der Waals surface area contributed by atoms with E-state index in [-0.39, 0.29) is 0 Å². The van der Waals surface area contributed by atoms with Gasteiger partial charge in [-0.2, -0.15) is 0 Å². The van der Waals surface area contributed by atoms with Crippen molar-refractivity contribution in [2.24, 2.45) is 0 Å². The Morgan fingerprint density at radius 1 is 0.345 bits per heavy atom. The number of rotatable bonds is 4. The van der Waals surface area contributed by atoms with E-state index < -0.39 is 0 Å². The lowest BCUT2D eigenvalue weighted by molar-refractivity contribution is 1.18. The summed E-state index contributed by atoms with van der Waals surface area (Å²) in [5, 5.41) is 8.77. The van der Waals surface area contributed by atoms with Crippen molar-refractivity contribution in [3.8, 4) is 61.3 Å². The summed E-state index contributed by atoms with van der Waals surface area (Å²) < 4.78 is 2.36. The molecule has 0 saturated carbocycles. The van der Waals surface area contributed by atoms with Crippen molar-refractivity contribution in [3.63, 3.8) is 0 Å². The van der Waals surface area contributed by atoms with E-state index in [1.807, 2.05) is 12.3 Å². The molecular formula is C53H32N2. The number of hydrogen-bond acceptors (Lipinski definition) is 1. The van der Waals surface area contributed by atoms with Crippen molar-refractivity contribution in [3.05, 3.63) is 194 Å². The lowest BCUT2D eigenvalue weighted by Gasteiger charge is -2.20. The summed E-state index contributed by atoms with van der Waals surface area (Å²) in [7, 11) is 0. The minimum atomic E-state index is 1.02. The highest BCUT2D eigenvalue weighted by Gasteiger charge is 2.31. The van der Waals surface area contributed by atoms with Gasteiger partial charge in [0.1, 0.15) is 0 Å². The minimum absolute atomic E-state index is 1.02. The van der Waals surface area contributed by atoms with Gasteiger partial charge in [0.15, 0.2) is 0 Å². The van der Waals surface area contributed by atoms with Crippen molar-refractivity contribution in [1.29, 1.82) is 0 Å². The van der Waals surface area contributed by atoms with E-state index in [1.54, 1.807) is 0 Å². The molecule has 0 saturated heterocycles. The summed E-state index contributed by atoms with van der Waals surface area (Å²) in [4.78, 5) is 4.85. The molecule has 1 aliphatic rings. The molecule has 0 radical (unpaired) electrons. The van der Waals surface area contributed by atoms with Gasteiger partial charge in [0.05, 0.1) is 16.6 Å². The Labute approximate surface area is 318 Å². The van der Waals surface area contributed by atoms with Gasteiger partial charge in [-0.1, -0.05) is 152 Å². The third-order valence-electron chi connectivity index (χ3n) is 11.7. The van der Waals surface area contributed by atoms with Gasteiger partial charge >= 0.3 is 0 Å². The second kappa shape index (κ2) is 11.6. The van der Waals surface area contributed by atoms with Gasteiger partial charge in [0.25, 0.3) is 0 Å². The van der Waals surface area contributed by atoms with Crippen molar-refractivity contribution >= 4 is 54.3 Å². The van der Waals surface area contributed by atoms with E-state index in [0.717, 1.165) is 16.7 Å². The van der Waals surface area contributed by atoms with Crippen LogP contribution in [0.1, 0.15) is 0 Å². The van der Waals surface area contributed by atoms with E-state index in [2.05, 4.69) is 187 Å². The van der Waals surface area contributed by atoms with Crippen LogP contribution in [0.2, 0.25) is 0 Å². The Kier molecular flexibility index (Phi) is 6.37. The van der Waals surface area contributed by atoms with Crippen LogP contribution in [0.3, 0.4) is 0 Å². The van der Waals surface area contributed by atoms with Crippen molar-refractivity contribution in [2.45, 2.75) is 0 Å². The number of aromatic nitrogens is 2.